The Morgan fingerprint density at radius 1 is 1.12 bits per heavy atom. The van der Waals surface area contributed by atoms with Gasteiger partial charge in [0, 0.05) is 5.92 Å². The van der Waals surface area contributed by atoms with Gasteiger partial charge >= 0.3 is 5.97 Å². The fourth-order valence-electron chi connectivity index (χ4n) is 3.05. The van der Waals surface area contributed by atoms with Crippen molar-refractivity contribution in [1.29, 1.82) is 0 Å². The molecule has 6 heteroatoms. The molecule has 5 atom stereocenters. The lowest BCUT2D eigenvalue weighted by atomic mass is 9.91. The molecule has 3 aliphatic rings. The summed E-state index contributed by atoms with van der Waals surface area (Å²) in [6.45, 7) is 0. The second kappa shape index (κ2) is 3.49. The lowest BCUT2D eigenvalue weighted by Crippen LogP contribution is -2.47. The Kier molecular flexibility index (Phi) is 2.32. The Bertz CT molecular complexity index is 312. The summed E-state index contributed by atoms with van der Waals surface area (Å²) in [6.07, 6.45) is 5.06. The van der Waals surface area contributed by atoms with E-state index in [4.69, 9.17) is 31.7 Å². The predicted octanol–water partition coefficient (Wildman–Crippen LogP) is -0.641. The Labute approximate surface area is 93.6 Å². The summed E-state index contributed by atoms with van der Waals surface area (Å²) in [5.74, 6) is 5.09. The minimum Gasteiger partial charge on any atom is -0.303 e. The molecule has 1 saturated heterocycles. The summed E-state index contributed by atoms with van der Waals surface area (Å²) in [5.41, 5.74) is 11.3. The highest BCUT2D eigenvalue weighted by molar-refractivity contribution is 5.12. The maximum absolute atomic E-state index is 5.67. The van der Waals surface area contributed by atoms with Crippen molar-refractivity contribution in [2.75, 3.05) is 0 Å². The third-order valence-corrected chi connectivity index (χ3v) is 3.82. The van der Waals surface area contributed by atoms with Gasteiger partial charge in [-0.15, -0.1) is 0 Å². The normalized spacial score (nSPS) is 55.1. The Balaban J connectivity index is 1.84. The van der Waals surface area contributed by atoms with Crippen LogP contribution in [0, 0.1) is 17.8 Å². The van der Waals surface area contributed by atoms with Gasteiger partial charge < -0.3 is 20.9 Å². The zero-order chi connectivity index (χ0) is 11.3. The van der Waals surface area contributed by atoms with Crippen LogP contribution in [0.4, 0.5) is 0 Å². The smallest absolute Gasteiger partial charge is 0.303 e. The fraction of sp³-hybridized carbons (Fsp3) is 0.800. The summed E-state index contributed by atoms with van der Waals surface area (Å²) in [5, 5.41) is 0. The van der Waals surface area contributed by atoms with E-state index >= 15 is 0 Å². The molecule has 0 aromatic rings. The van der Waals surface area contributed by atoms with Crippen LogP contribution >= 0.6 is 0 Å². The quantitative estimate of drug-likeness (QED) is 0.428. The van der Waals surface area contributed by atoms with E-state index in [1.165, 1.54) is 0 Å². The molecular weight excluding hydrogens is 210 g/mol. The van der Waals surface area contributed by atoms with Crippen LogP contribution in [0.15, 0.2) is 12.2 Å². The number of hydrogen-bond acceptors (Lipinski definition) is 6. The van der Waals surface area contributed by atoms with E-state index in [-0.39, 0.29) is 5.92 Å². The number of nitrogens with two attached hydrogens (primary N) is 3. The van der Waals surface area contributed by atoms with E-state index in [0.717, 1.165) is 12.8 Å². The van der Waals surface area contributed by atoms with Crippen molar-refractivity contribution in [2.24, 2.45) is 35.1 Å². The van der Waals surface area contributed by atoms with E-state index in [0.29, 0.717) is 11.8 Å². The molecule has 0 aromatic carbocycles. The highest BCUT2D eigenvalue weighted by atomic mass is 16.9. The maximum Gasteiger partial charge on any atom is 0.305 e. The van der Waals surface area contributed by atoms with Gasteiger partial charge in [0.05, 0.1) is 0 Å². The summed E-state index contributed by atoms with van der Waals surface area (Å²) in [7, 11) is 0. The molecule has 6 nitrogen and oxygen atoms in total. The zero-order valence-electron chi connectivity index (χ0n) is 8.91. The van der Waals surface area contributed by atoms with E-state index in [1.807, 2.05) is 0 Å². The van der Waals surface area contributed by atoms with Gasteiger partial charge in [0.2, 0.25) is 0 Å². The van der Waals surface area contributed by atoms with Crippen LogP contribution in [0.1, 0.15) is 12.8 Å². The molecule has 0 spiro atoms. The minimum atomic E-state index is -1.26. The van der Waals surface area contributed by atoms with Crippen LogP contribution < -0.4 is 17.4 Å². The average Bonchev–Trinajstić information content (AvgIpc) is 2.94. The van der Waals surface area contributed by atoms with E-state index in [1.54, 1.807) is 0 Å². The zero-order valence-corrected chi connectivity index (χ0v) is 8.91. The van der Waals surface area contributed by atoms with Gasteiger partial charge in [0.1, 0.15) is 0 Å². The van der Waals surface area contributed by atoms with E-state index in [9.17, 15) is 0 Å². The van der Waals surface area contributed by atoms with Gasteiger partial charge in [0.25, 0.3) is 0 Å². The van der Waals surface area contributed by atoms with Crippen LogP contribution in [-0.4, -0.2) is 18.4 Å². The predicted molar refractivity (Wildman–Crippen MR) is 55.0 cm³/mol. The van der Waals surface area contributed by atoms with Crippen LogP contribution in [0.2, 0.25) is 0 Å². The minimum absolute atomic E-state index is 0.0760. The molecule has 0 aromatic heterocycles. The van der Waals surface area contributed by atoms with Gasteiger partial charge in [-0.3, -0.25) is 0 Å². The lowest BCUT2D eigenvalue weighted by Gasteiger charge is -2.34. The van der Waals surface area contributed by atoms with Crippen molar-refractivity contribution in [3.05, 3.63) is 12.2 Å². The second-order valence-corrected chi connectivity index (χ2v) is 4.77. The van der Waals surface area contributed by atoms with Gasteiger partial charge in [0.15, 0.2) is 12.5 Å². The molecule has 0 amide bonds. The number of rotatable bonds is 2. The molecule has 2 aliphatic carbocycles. The second-order valence-electron chi connectivity index (χ2n) is 4.77. The maximum atomic E-state index is 5.67. The molecule has 3 rings (SSSR count). The summed E-state index contributed by atoms with van der Waals surface area (Å²) < 4.78 is 11.0. The van der Waals surface area contributed by atoms with Crippen LogP contribution in [0.25, 0.3) is 0 Å². The number of fused-ring (bicyclic) bond motifs is 2. The van der Waals surface area contributed by atoms with Crippen LogP contribution in [0.5, 0.6) is 0 Å². The van der Waals surface area contributed by atoms with Gasteiger partial charge in [-0.1, -0.05) is 12.2 Å². The van der Waals surface area contributed by atoms with Gasteiger partial charge in [-0.2, -0.15) is 0 Å². The molecule has 16 heavy (non-hydrogen) atoms. The number of ether oxygens (including phenoxy) is 2. The standard InChI is InChI=1S/C10H17N3O3/c11-8-9(12)15-10(14-8,16-13)7-4-5-1-2-6(7)3-5/h1-2,5-9H,3-4,11-13H2. The lowest BCUT2D eigenvalue weighted by molar-refractivity contribution is -0.374. The van der Waals surface area contributed by atoms with Crippen LogP contribution in [-0.2, 0) is 14.3 Å². The molecule has 6 N–H and O–H groups in total. The Morgan fingerprint density at radius 2 is 1.81 bits per heavy atom. The van der Waals surface area contributed by atoms with Crippen LogP contribution in [0.3, 0.4) is 0 Å². The van der Waals surface area contributed by atoms with Crippen molar-refractivity contribution in [3.63, 3.8) is 0 Å². The monoisotopic (exact) mass is 227 g/mol. The molecule has 1 heterocycles. The highest BCUT2D eigenvalue weighted by Gasteiger charge is 2.57. The van der Waals surface area contributed by atoms with Crippen molar-refractivity contribution in [1.82, 2.24) is 0 Å². The average molecular weight is 227 g/mol. The van der Waals surface area contributed by atoms with Crippen molar-refractivity contribution >= 4 is 0 Å². The van der Waals surface area contributed by atoms with Crippen molar-refractivity contribution in [3.8, 4) is 0 Å². The molecule has 0 radical (unpaired) electrons. The molecule has 2 bridgehead atoms. The fourth-order valence-corrected chi connectivity index (χ4v) is 3.05. The third kappa shape index (κ3) is 1.35. The third-order valence-electron chi connectivity index (χ3n) is 3.82. The van der Waals surface area contributed by atoms with Crippen molar-refractivity contribution in [2.45, 2.75) is 31.3 Å². The Morgan fingerprint density at radius 3 is 2.25 bits per heavy atom. The van der Waals surface area contributed by atoms with E-state index < -0.39 is 18.4 Å². The summed E-state index contributed by atoms with van der Waals surface area (Å²) in [6, 6.07) is 0. The first-order valence-corrected chi connectivity index (χ1v) is 5.57. The molecular formula is C10H17N3O3. The molecule has 1 aliphatic heterocycles. The molecule has 90 valence electrons. The Hall–Kier alpha value is -0.500. The highest BCUT2D eigenvalue weighted by Crippen LogP contribution is 2.51. The molecule has 2 fully saturated rings. The topological polar surface area (TPSA) is 106 Å². The SMILES string of the molecule is NOC1(C2CC3C=CC2C3)OC(N)C(N)O1. The molecule has 1 saturated carbocycles. The van der Waals surface area contributed by atoms with Gasteiger partial charge in [-0.05, 0) is 24.7 Å². The number of allylic oxidation sites excluding steroid dienone is 2. The first kappa shape index (κ1) is 10.6. The molecule has 5 unspecified atom stereocenters. The largest absolute Gasteiger partial charge is 0.305 e. The summed E-state index contributed by atoms with van der Waals surface area (Å²) in [4.78, 5) is 4.94. The van der Waals surface area contributed by atoms with E-state index in [2.05, 4.69) is 12.2 Å². The number of hydrogen-bond donors (Lipinski definition) is 3. The van der Waals surface area contributed by atoms with Gasteiger partial charge in [-0.25, -0.2) is 10.7 Å². The summed E-state index contributed by atoms with van der Waals surface area (Å²) >= 11 is 0. The first-order valence-electron chi connectivity index (χ1n) is 5.57. The van der Waals surface area contributed by atoms with Crippen molar-refractivity contribution < 1.29 is 14.3 Å². The first-order chi connectivity index (χ1) is 7.64.